The summed E-state index contributed by atoms with van der Waals surface area (Å²) in [4.78, 5) is 0. The van der Waals surface area contributed by atoms with E-state index in [1.165, 1.54) is 0 Å². The van der Waals surface area contributed by atoms with E-state index < -0.39 is 0 Å². The first-order valence-electron chi connectivity index (χ1n) is 19.4. The molecule has 0 bridgehead atoms. The van der Waals surface area contributed by atoms with Gasteiger partial charge < -0.3 is 28.4 Å². The Balaban J connectivity index is 0.889. The topological polar surface area (TPSA) is 55.4 Å². The van der Waals surface area contributed by atoms with Gasteiger partial charge in [0, 0.05) is 38.6 Å². The first-order chi connectivity index (χ1) is 27.3. The molecule has 0 atom stereocenters. The van der Waals surface area contributed by atoms with E-state index in [0.717, 1.165) is 88.5 Å². The largest absolute Gasteiger partial charge is 0.489 e. The maximum absolute atomic E-state index is 6.30. The molecule has 6 rings (SSSR count). The summed E-state index contributed by atoms with van der Waals surface area (Å²) >= 11 is 0. The normalized spacial score (nSPS) is 10.9. The molecule has 284 valence electrons. The quantitative estimate of drug-likeness (QED) is 0.0577. The van der Waals surface area contributed by atoms with Gasteiger partial charge in [-0.1, -0.05) is 133 Å². The SMILES string of the molecule is c1ccc(COc2ccc(CCCOCCCOCCCc3ccc(OCc4ccccc4)cc3OCc3ccccc3)c(OCc3ccccc3)c2)cc1. The van der Waals surface area contributed by atoms with Crippen molar-refractivity contribution in [2.45, 2.75) is 58.5 Å². The highest BCUT2D eigenvalue weighted by Crippen LogP contribution is 2.29. The van der Waals surface area contributed by atoms with Gasteiger partial charge in [-0.3, -0.25) is 0 Å². The molecule has 0 spiro atoms. The second-order valence-electron chi connectivity index (χ2n) is 13.4. The number of benzene rings is 6. The first-order valence-corrected chi connectivity index (χ1v) is 19.4. The summed E-state index contributed by atoms with van der Waals surface area (Å²) in [5.41, 5.74) is 6.83. The lowest BCUT2D eigenvalue weighted by Gasteiger charge is -2.15. The minimum atomic E-state index is 0.506. The van der Waals surface area contributed by atoms with Gasteiger partial charge in [-0.15, -0.1) is 0 Å². The number of rotatable bonds is 24. The molecule has 6 aromatic carbocycles. The zero-order valence-corrected chi connectivity index (χ0v) is 31.7. The summed E-state index contributed by atoms with van der Waals surface area (Å²) in [5, 5.41) is 0. The van der Waals surface area contributed by atoms with E-state index in [1.54, 1.807) is 0 Å². The van der Waals surface area contributed by atoms with E-state index in [1.807, 2.05) is 97.1 Å². The number of hydrogen-bond acceptors (Lipinski definition) is 6. The van der Waals surface area contributed by atoms with Crippen LogP contribution in [0.5, 0.6) is 23.0 Å². The van der Waals surface area contributed by atoms with Crippen LogP contribution in [-0.4, -0.2) is 26.4 Å². The van der Waals surface area contributed by atoms with E-state index in [0.29, 0.717) is 52.9 Å². The zero-order chi connectivity index (χ0) is 37.6. The fourth-order valence-corrected chi connectivity index (χ4v) is 6.08. The third kappa shape index (κ3) is 14.0. The van der Waals surface area contributed by atoms with Crippen molar-refractivity contribution < 1.29 is 28.4 Å². The summed E-state index contributed by atoms with van der Waals surface area (Å²) in [7, 11) is 0. The van der Waals surface area contributed by atoms with Crippen molar-refractivity contribution in [1.29, 1.82) is 0 Å². The van der Waals surface area contributed by atoms with Gasteiger partial charge >= 0.3 is 0 Å². The van der Waals surface area contributed by atoms with Crippen molar-refractivity contribution >= 4 is 0 Å². The Hall–Kier alpha value is -5.56. The lowest BCUT2D eigenvalue weighted by molar-refractivity contribution is 0.0809. The third-order valence-corrected chi connectivity index (χ3v) is 9.10. The van der Waals surface area contributed by atoms with Crippen LogP contribution in [0.25, 0.3) is 0 Å². The fraction of sp³-hybridized carbons (Fsp3) is 0.265. The van der Waals surface area contributed by atoms with Crippen LogP contribution in [0.4, 0.5) is 0 Å². The van der Waals surface area contributed by atoms with E-state index in [4.69, 9.17) is 28.4 Å². The summed E-state index contributed by atoms with van der Waals surface area (Å²) in [6, 6.07) is 53.2. The Kier molecular flexibility index (Phi) is 16.1. The molecule has 6 heteroatoms. The fourth-order valence-electron chi connectivity index (χ4n) is 6.08. The lowest BCUT2D eigenvalue weighted by atomic mass is 10.1. The van der Waals surface area contributed by atoms with Crippen molar-refractivity contribution in [3.05, 3.63) is 191 Å². The minimum Gasteiger partial charge on any atom is -0.489 e. The van der Waals surface area contributed by atoms with Gasteiger partial charge in [-0.05, 0) is 77.6 Å². The molecule has 0 fully saturated rings. The Morgan fingerprint density at radius 2 is 0.636 bits per heavy atom. The molecule has 0 saturated heterocycles. The molecule has 0 aliphatic heterocycles. The van der Waals surface area contributed by atoms with Crippen molar-refractivity contribution in [1.82, 2.24) is 0 Å². The second kappa shape index (κ2) is 22.6. The molecular formula is C49H52O6. The van der Waals surface area contributed by atoms with E-state index in [-0.39, 0.29) is 0 Å². The molecule has 0 amide bonds. The summed E-state index contributed by atoms with van der Waals surface area (Å²) in [5.74, 6) is 3.30. The maximum Gasteiger partial charge on any atom is 0.126 e. The van der Waals surface area contributed by atoms with Gasteiger partial charge in [0.15, 0.2) is 0 Å². The molecule has 0 unspecified atom stereocenters. The van der Waals surface area contributed by atoms with Crippen molar-refractivity contribution in [2.24, 2.45) is 0 Å². The maximum atomic E-state index is 6.30. The van der Waals surface area contributed by atoms with Crippen molar-refractivity contribution in [2.75, 3.05) is 26.4 Å². The van der Waals surface area contributed by atoms with Crippen molar-refractivity contribution in [3.63, 3.8) is 0 Å². The van der Waals surface area contributed by atoms with Crippen LogP contribution in [0, 0.1) is 0 Å². The van der Waals surface area contributed by atoms with Gasteiger partial charge in [-0.25, -0.2) is 0 Å². The van der Waals surface area contributed by atoms with Gasteiger partial charge in [0.05, 0.1) is 0 Å². The Bertz CT molecular complexity index is 1790. The average Bonchev–Trinajstić information content (AvgIpc) is 3.25. The molecular weight excluding hydrogens is 685 g/mol. The number of hydrogen-bond donors (Lipinski definition) is 0. The molecule has 0 saturated carbocycles. The Morgan fingerprint density at radius 1 is 0.309 bits per heavy atom. The molecule has 0 N–H and O–H groups in total. The summed E-state index contributed by atoms with van der Waals surface area (Å²) in [6.07, 6.45) is 4.38. The second-order valence-corrected chi connectivity index (χ2v) is 13.4. The third-order valence-electron chi connectivity index (χ3n) is 9.10. The van der Waals surface area contributed by atoms with Gasteiger partial charge in [-0.2, -0.15) is 0 Å². The highest BCUT2D eigenvalue weighted by atomic mass is 16.5. The van der Waals surface area contributed by atoms with Crippen LogP contribution in [0.15, 0.2) is 158 Å². The van der Waals surface area contributed by atoms with E-state index >= 15 is 0 Å². The Morgan fingerprint density at radius 3 is 1.00 bits per heavy atom. The predicted octanol–water partition coefficient (Wildman–Crippen LogP) is 11.0. The van der Waals surface area contributed by atoms with Gasteiger partial charge in [0.2, 0.25) is 0 Å². The van der Waals surface area contributed by atoms with Gasteiger partial charge in [0.25, 0.3) is 0 Å². The average molecular weight is 737 g/mol. The number of aryl methyl sites for hydroxylation is 2. The molecule has 6 aromatic rings. The highest BCUT2D eigenvalue weighted by molar-refractivity contribution is 5.42. The number of ether oxygens (including phenoxy) is 6. The monoisotopic (exact) mass is 736 g/mol. The van der Waals surface area contributed by atoms with E-state index in [9.17, 15) is 0 Å². The molecule has 6 nitrogen and oxygen atoms in total. The smallest absolute Gasteiger partial charge is 0.126 e. The van der Waals surface area contributed by atoms with Crippen LogP contribution in [-0.2, 0) is 48.7 Å². The predicted molar refractivity (Wildman–Crippen MR) is 219 cm³/mol. The molecule has 0 aliphatic rings. The van der Waals surface area contributed by atoms with Crippen LogP contribution in [0.1, 0.15) is 52.6 Å². The summed E-state index contributed by atoms with van der Waals surface area (Å²) < 4.78 is 36.8. The van der Waals surface area contributed by atoms with Crippen molar-refractivity contribution in [3.8, 4) is 23.0 Å². The molecule has 55 heavy (non-hydrogen) atoms. The Labute approximate surface area is 326 Å². The molecule has 0 heterocycles. The van der Waals surface area contributed by atoms with Crippen LogP contribution < -0.4 is 18.9 Å². The van der Waals surface area contributed by atoms with Crippen LogP contribution >= 0.6 is 0 Å². The highest BCUT2D eigenvalue weighted by Gasteiger charge is 2.10. The summed E-state index contributed by atoms with van der Waals surface area (Å²) in [6.45, 7) is 4.75. The zero-order valence-electron chi connectivity index (χ0n) is 31.7. The van der Waals surface area contributed by atoms with E-state index in [2.05, 4.69) is 60.7 Å². The van der Waals surface area contributed by atoms with Crippen LogP contribution in [0.2, 0.25) is 0 Å². The first kappa shape index (κ1) is 39.1. The molecule has 0 aliphatic carbocycles. The molecule has 0 radical (unpaired) electrons. The molecule has 0 aromatic heterocycles. The standard InChI is InChI=1S/C49H52O6/c1-5-16-40(17-6-1)36-52-46-28-26-44(48(34-46)54-38-42-20-9-3-10-21-42)24-13-30-50-32-15-33-51-31-14-25-45-27-29-47(53-37-41-18-7-2-8-19-41)35-49(45)55-39-43-22-11-4-12-23-43/h1-12,16-23,26-29,34-35H,13-15,24-25,30-33,36-39H2. The lowest BCUT2D eigenvalue weighted by Crippen LogP contribution is -2.05. The van der Waals surface area contributed by atoms with Gasteiger partial charge in [0.1, 0.15) is 49.4 Å². The minimum absolute atomic E-state index is 0.506. The van der Waals surface area contributed by atoms with Crippen LogP contribution in [0.3, 0.4) is 0 Å².